The third kappa shape index (κ3) is 2.80. The summed E-state index contributed by atoms with van der Waals surface area (Å²) in [5, 5.41) is 2.71. The zero-order valence-electron chi connectivity index (χ0n) is 11.2. The summed E-state index contributed by atoms with van der Waals surface area (Å²) in [6.45, 7) is 0. The molecule has 6 nitrogen and oxygen atoms in total. The van der Waals surface area contributed by atoms with Gasteiger partial charge in [0.1, 0.15) is 11.5 Å². The highest BCUT2D eigenvalue weighted by Crippen LogP contribution is 2.29. The van der Waals surface area contributed by atoms with E-state index in [1.807, 2.05) is 0 Å². The third-order valence-corrected chi connectivity index (χ3v) is 2.71. The molecule has 6 heteroatoms. The van der Waals surface area contributed by atoms with Crippen molar-refractivity contribution in [2.75, 3.05) is 25.3 Å². The Bertz CT molecular complexity index is 629. The second-order valence-corrected chi connectivity index (χ2v) is 3.96. The van der Waals surface area contributed by atoms with E-state index >= 15 is 0 Å². The van der Waals surface area contributed by atoms with E-state index < -0.39 is 5.91 Å². The molecule has 2 rings (SSSR count). The number of benzene rings is 1. The van der Waals surface area contributed by atoms with Gasteiger partial charge in [-0.05, 0) is 24.3 Å². The lowest BCUT2D eigenvalue weighted by atomic mass is 10.2. The predicted molar refractivity (Wildman–Crippen MR) is 76.1 cm³/mol. The summed E-state index contributed by atoms with van der Waals surface area (Å²) in [5.74, 6) is 0.721. The molecule has 0 saturated carbocycles. The number of carbonyl (C=O) groups is 1. The highest BCUT2D eigenvalue weighted by molar-refractivity contribution is 6.06. The van der Waals surface area contributed by atoms with Gasteiger partial charge in [-0.3, -0.25) is 4.79 Å². The zero-order valence-corrected chi connectivity index (χ0v) is 11.2. The van der Waals surface area contributed by atoms with Gasteiger partial charge in [0, 0.05) is 12.3 Å². The van der Waals surface area contributed by atoms with Gasteiger partial charge in [0.15, 0.2) is 5.69 Å². The van der Waals surface area contributed by atoms with Gasteiger partial charge in [-0.25, -0.2) is 4.98 Å². The number of anilines is 2. The van der Waals surface area contributed by atoms with Crippen LogP contribution < -0.4 is 20.5 Å². The van der Waals surface area contributed by atoms with Gasteiger partial charge >= 0.3 is 0 Å². The summed E-state index contributed by atoms with van der Waals surface area (Å²) in [4.78, 5) is 16.1. The van der Waals surface area contributed by atoms with Crippen LogP contribution in [0.25, 0.3) is 0 Å². The Morgan fingerprint density at radius 2 is 2.05 bits per heavy atom. The first kappa shape index (κ1) is 13.7. The summed E-state index contributed by atoms with van der Waals surface area (Å²) in [6.07, 6.45) is 1.51. The smallest absolute Gasteiger partial charge is 0.276 e. The molecule has 0 aliphatic carbocycles. The summed E-state index contributed by atoms with van der Waals surface area (Å²) in [7, 11) is 3.07. The monoisotopic (exact) mass is 273 g/mol. The summed E-state index contributed by atoms with van der Waals surface area (Å²) in [5.41, 5.74) is 6.69. The van der Waals surface area contributed by atoms with Gasteiger partial charge < -0.3 is 20.5 Å². The number of ether oxygens (including phenoxy) is 2. The lowest BCUT2D eigenvalue weighted by Gasteiger charge is -2.12. The molecule has 104 valence electrons. The van der Waals surface area contributed by atoms with Crippen molar-refractivity contribution >= 4 is 17.3 Å². The first-order valence-corrected chi connectivity index (χ1v) is 5.89. The molecule has 0 fully saturated rings. The number of nitrogens with zero attached hydrogens (tertiary/aromatic N) is 1. The van der Waals surface area contributed by atoms with Crippen LogP contribution in [0.3, 0.4) is 0 Å². The molecule has 1 aromatic carbocycles. The van der Waals surface area contributed by atoms with Crippen LogP contribution in [0.5, 0.6) is 11.5 Å². The number of nitrogens with one attached hydrogen (secondary N) is 1. The van der Waals surface area contributed by atoms with Crippen molar-refractivity contribution in [1.29, 1.82) is 0 Å². The van der Waals surface area contributed by atoms with Gasteiger partial charge in [0.05, 0.1) is 25.6 Å². The first-order chi connectivity index (χ1) is 9.65. The summed E-state index contributed by atoms with van der Waals surface area (Å²) < 4.78 is 10.3. The second-order valence-electron chi connectivity index (χ2n) is 3.96. The number of nitrogens with two attached hydrogens (primary N) is 1. The molecular weight excluding hydrogens is 258 g/mol. The van der Waals surface area contributed by atoms with E-state index in [1.165, 1.54) is 13.3 Å². The Balaban J connectivity index is 2.29. The molecule has 2 aromatic rings. The molecule has 0 radical (unpaired) electrons. The van der Waals surface area contributed by atoms with Gasteiger partial charge in [-0.15, -0.1) is 0 Å². The van der Waals surface area contributed by atoms with Crippen LogP contribution in [-0.2, 0) is 0 Å². The Morgan fingerprint density at radius 1 is 1.25 bits per heavy atom. The predicted octanol–water partition coefficient (Wildman–Crippen LogP) is 1.93. The van der Waals surface area contributed by atoms with Crippen LogP contribution in [-0.4, -0.2) is 25.1 Å². The van der Waals surface area contributed by atoms with Crippen LogP contribution in [0.2, 0.25) is 0 Å². The van der Waals surface area contributed by atoms with E-state index in [4.69, 9.17) is 15.2 Å². The fourth-order valence-electron chi connectivity index (χ4n) is 1.70. The standard InChI is InChI=1S/C14H15N3O3/c1-19-9-5-6-12(20-2)11(8-9)17-14(18)13-10(15)4-3-7-16-13/h3-8H,15H2,1-2H3,(H,17,18). The number of methoxy groups -OCH3 is 2. The minimum atomic E-state index is -0.408. The van der Waals surface area contributed by atoms with Crippen molar-refractivity contribution in [2.45, 2.75) is 0 Å². The van der Waals surface area contributed by atoms with Crippen molar-refractivity contribution in [2.24, 2.45) is 0 Å². The normalized spacial score (nSPS) is 9.90. The van der Waals surface area contributed by atoms with Gasteiger partial charge in [-0.1, -0.05) is 0 Å². The van der Waals surface area contributed by atoms with Gasteiger partial charge in [0.2, 0.25) is 0 Å². The maximum Gasteiger partial charge on any atom is 0.276 e. The average Bonchev–Trinajstić information content (AvgIpc) is 2.47. The molecule has 3 N–H and O–H groups in total. The van der Waals surface area contributed by atoms with E-state index in [0.717, 1.165) is 0 Å². The molecule has 0 saturated heterocycles. The molecular formula is C14H15N3O3. The Kier molecular flexibility index (Phi) is 4.05. The van der Waals surface area contributed by atoms with Crippen molar-refractivity contribution in [3.05, 3.63) is 42.2 Å². The van der Waals surface area contributed by atoms with Crippen molar-refractivity contribution in [3.63, 3.8) is 0 Å². The number of aromatic nitrogens is 1. The first-order valence-electron chi connectivity index (χ1n) is 5.89. The fraction of sp³-hybridized carbons (Fsp3) is 0.143. The van der Waals surface area contributed by atoms with E-state index in [9.17, 15) is 4.79 Å². The number of rotatable bonds is 4. The minimum absolute atomic E-state index is 0.164. The Hall–Kier alpha value is -2.76. The minimum Gasteiger partial charge on any atom is -0.497 e. The SMILES string of the molecule is COc1ccc(OC)c(NC(=O)c2ncccc2N)c1. The topological polar surface area (TPSA) is 86.5 Å². The number of carbonyl (C=O) groups excluding carboxylic acids is 1. The maximum atomic E-state index is 12.2. The lowest BCUT2D eigenvalue weighted by Crippen LogP contribution is -2.16. The van der Waals surface area contributed by atoms with Crippen molar-refractivity contribution in [3.8, 4) is 11.5 Å². The maximum absolute atomic E-state index is 12.2. The summed E-state index contributed by atoms with van der Waals surface area (Å²) >= 11 is 0. The van der Waals surface area contributed by atoms with Crippen molar-refractivity contribution < 1.29 is 14.3 Å². The molecule has 1 heterocycles. The molecule has 0 bridgehead atoms. The number of hydrogen-bond donors (Lipinski definition) is 2. The quantitative estimate of drug-likeness (QED) is 0.889. The Morgan fingerprint density at radius 3 is 2.70 bits per heavy atom. The van der Waals surface area contributed by atoms with Crippen LogP contribution in [0, 0.1) is 0 Å². The fourth-order valence-corrected chi connectivity index (χ4v) is 1.70. The second kappa shape index (κ2) is 5.92. The number of hydrogen-bond acceptors (Lipinski definition) is 5. The molecule has 0 aliphatic rings. The number of pyridine rings is 1. The number of amides is 1. The molecule has 20 heavy (non-hydrogen) atoms. The van der Waals surface area contributed by atoms with Gasteiger partial charge in [-0.2, -0.15) is 0 Å². The van der Waals surface area contributed by atoms with E-state index in [-0.39, 0.29) is 5.69 Å². The van der Waals surface area contributed by atoms with Crippen molar-refractivity contribution in [1.82, 2.24) is 4.98 Å². The summed E-state index contributed by atoms with van der Waals surface area (Å²) in [6, 6.07) is 8.39. The molecule has 0 unspecified atom stereocenters. The Labute approximate surface area is 116 Å². The van der Waals surface area contributed by atoms with Crippen LogP contribution in [0.15, 0.2) is 36.5 Å². The largest absolute Gasteiger partial charge is 0.497 e. The molecule has 0 spiro atoms. The lowest BCUT2D eigenvalue weighted by molar-refractivity contribution is 0.102. The average molecular weight is 273 g/mol. The molecule has 0 atom stereocenters. The molecule has 1 aromatic heterocycles. The molecule has 0 aliphatic heterocycles. The van der Waals surface area contributed by atoms with Crippen LogP contribution in [0.4, 0.5) is 11.4 Å². The van der Waals surface area contributed by atoms with E-state index in [2.05, 4.69) is 10.3 Å². The van der Waals surface area contributed by atoms with Gasteiger partial charge in [0.25, 0.3) is 5.91 Å². The van der Waals surface area contributed by atoms with E-state index in [0.29, 0.717) is 22.9 Å². The van der Waals surface area contributed by atoms with Crippen LogP contribution >= 0.6 is 0 Å². The third-order valence-electron chi connectivity index (χ3n) is 2.71. The molecule has 1 amide bonds. The highest BCUT2D eigenvalue weighted by atomic mass is 16.5. The highest BCUT2D eigenvalue weighted by Gasteiger charge is 2.14. The number of nitrogen functional groups attached to an aromatic ring is 1. The van der Waals surface area contributed by atoms with E-state index in [1.54, 1.807) is 37.4 Å². The van der Waals surface area contributed by atoms with Crippen LogP contribution in [0.1, 0.15) is 10.5 Å². The zero-order chi connectivity index (χ0) is 14.5.